The number of aryl methyl sites for hydroxylation is 1. The van der Waals surface area contributed by atoms with Crippen LogP contribution >= 0.6 is 11.8 Å². The maximum Gasteiger partial charge on any atom is 0.276 e. The number of nitrogens with zero attached hydrogens (tertiary/aromatic N) is 4. The van der Waals surface area contributed by atoms with E-state index >= 15 is 0 Å². The summed E-state index contributed by atoms with van der Waals surface area (Å²) in [6.07, 6.45) is 1.65. The van der Waals surface area contributed by atoms with Gasteiger partial charge in [-0.25, -0.2) is 0 Å². The molecule has 1 fully saturated rings. The molecule has 0 saturated carbocycles. The van der Waals surface area contributed by atoms with Crippen molar-refractivity contribution < 1.29 is 4.79 Å². The lowest BCUT2D eigenvalue weighted by molar-refractivity contribution is 0.0762. The summed E-state index contributed by atoms with van der Waals surface area (Å²) in [6, 6.07) is 0. The van der Waals surface area contributed by atoms with Crippen LogP contribution in [0.25, 0.3) is 0 Å². The monoisotopic (exact) mass is 212 g/mol. The van der Waals surface area contributed by atoms with Gasteiger partial charge < -0.3 is 4.90 Å². The summed E-state index contributed by atoms with van der Waals surface area (Å²) in [4.78, 5) is 13.7. The lowest BCUT2D eigenvalue weighted by Crippen LogP contribution is -2.33. The lowest BCUT2D eigenvalue weighted by atomic mass is 10.4. The molecular formula is C8H12N4OS. The number of carbonyl (C=O) groups is 1. The van der Waals surface area contributed by atoms with Gasteiger partial charge >= 0.3 is 0 Å². The predicted molar refractivity (Wildman–Crippen MR) is 54.0 cm³/mol. The molecule has 0 spiro atoms. The van der Waals surface area contributed by atoms with E-state index in [1.807, 2.05) is 11.8 Å². The number of hydrogen-bond donors (Lipinski definition) is 0. The first-order valence-electron chi connectivity index (χ1n) is 4.47. The molecule has 14 heavy (non-hydrogen) atoms. The van der Waals surface area contributed by atoms with Crippen molar-refractivity contribution in [3.63, 3.8) is 0 Å². The third kappa shape index (κ3) is 1.61. The molecule has 1 atom stereocenters. The summed E-state index contributed by atoms with van der Waals surface area (Å²) >= 11 is 1.79. The fraction of sp³-hybridized carbons (Fsp3) is 0.625. The molecule has 0 N–H and O–H groups in total. The molecule has 1 aromatic rings. The average molecular weight is 212 g/mol. The van der Waals surface area contributed by atoms with Crippen molar-refractivity contribution in [1.29, 1.82) is 0 Å². The number of rotatable bonds is 1. The average Bonchev–Trinajstić information content (AvgIpc) is 2.73. The maximum absolute atomic E-state index is 11.9. The van der Waals surface area contributed by atoms with Crippen molar-refractivity contribution in [2.75, 3.05) is 12.3 Å². The van der Waals surface area contributed by atoms with Crippen LogP contribution in [0.15, 0.2) is 6.20 Å². The summed E-state index contributed by atoms with van der Waals surface area (Å²) < 4.78 is 1.54. The van der Waals surface area contributed by atoms with Crippen molar-refractivity contribution in [2.24, 2.45) is 7.05 Å². The summed E-state index contributed by atoms with van der Waals surface area (Å²) in [6.45, 7) is 2.84. The van der Waals surface area contributed by atoms with Gasteiger partial charge in [-0.05, 0) is 6.92 Å². The summed E-state index contributed by atoms with van der Waals surface area (Å²) in [7, 11) is 1.76. The molecule has 0 aliphatic carbocycles. The highest BCUT2D eigenvalue weighted by Crippen LogP contribution is 2.23. The molecule has 0 aromatic carbocycles. The fourth-order valence-electron chi connectivity index (χ4n) is 1.45. The van der Waals surface area contributed by atoms with Crippen LogP contribution in [0.3, 0.4) is 0 Å². The smallest absolute Gasteiger partial charge is 0.276 e. The lowest BCUT2D eigenvalue weighted by Gasteiger charge is -2.18. The number of aromatic nitrogens is 3. The van der Waals surface area contributed by atoms with Gasteiger partial charge in [0.2, 0.25) is 0 Å². The number of carbonyl (C=O) groups excluding carboxylic acids is 1. The van der Waals surface area contributed by atoms with Gasteiger partial charge in [0, 0.05) is 19.3 Å². The van der Waals surface area contributed by atoms with Crippen molar-refractivity contribution in [1.82, 2.24) is 19.9 Å². The first kappa shape index (κ1) is 9.51. The maximum atomic E-state index is 11.9. The number of amides is 1. The van der Waals surface area contributed by atoms with E-state index in [4.69, 9.17) is 0 Å². The Morgan fingerprint density at radius 3 is 3.00 bits per heavy atom. The Morgan fingerprint density at radius 1 is 1.71 bits per heavy atom. The molecule has 1 aromatic heterocycles. The van der Waals surface area contributed by atoms with Crippen LogP contribution in [0.1, 0.15) is 17.4 Å². The van der Waals surface area contributed by atoms with Crippen LogP contribution in [0, 0.1) is 0 Å². The highest BCUT2D eigenvalue weighted by molar-refractivity contribution is 8.00. The third-order valence-electron chi connectivity index (χ3n) is 2.21. The SMILES string of the molecule is CC1SCCN1C(=O)c1cn(C)nn1. The van der Waals surface area contributed by atoms with Gasteiger partial charge in [0.15, 0.2) is 5.69 Å². The molecule has 0 bridgehead atoms. The minimum atomic E-state index is -0.0180. The zero-order valence-corrected chi connectivity index (χ0v) is 8.99. The van der Waals surface area contributed by atoms with E-state index in [1.54, 1.807) is 29.7 Å². The second-order valence-corrected chi connectivity index (χ2v) is 4.67. The van der Waals surface area contributed by atoms with E-state index in [0.29, 0.717) is 5.69 Å². The van der Waals surface area contributed by atoms with E-state index < -0.39 is 0 Å². The molecule has 1 aliphatic rings. The molecule has 1 unspecified atom stereocenters. The van der Waals surface area contributed by atoms with E-state index in [9.17, 15) is 4.79 Å². The van der Waals surface area contributed by atoms with E-state index in [2.05, 4.69) is 10.3 Å². The normalized spacial score (nSPS) is 21.6. The summed E-state index contributed by atoms with van der Waals surface area (Å²) in [5, 5.41) is 7.81. The van der Waals surface area contributed by atoms with E-state index in [1.165, 1.54) is 0 Å². The molecule has 5 nitrogen and oxygen atoms in total. The first-order valence-corrected chi connectivity index (χ1v) is 5.52. The Labute approximate surface area is 86.5 Å². The molecule has 6 heteroatoms. The zero-order valence-electron chi connectivity index (χ0n) is 8.17. The van der Waals surface area contributed by atoms with E-state index in [-0.39, 0.29) is 11.3 Å². The molecule has 76 valence electrons. The second-order valence-electron chi connectivity index (χ2n) is 3.25. The quantitative estimate of drug-likeness (QED) is 0.674. The van der Waals surface area contributed by atoms with Gasteiger partial charge in [-0.2, -0.15) is 0 Å². The molecule has 1 saturated heterocycles. The molecule has 1 amide bonds. The van der Waals surface area contributed by atoms with E-state index in [0.717, 1.165) is 12.3 Å². The van der Waals surface area contributed by atoms with Gasteiger partial charge in [0.05, 0.1) is 11.6 Å². The van der Waals surface area contributed by atoms with Crippen LogP contribution in [-0.2, 0) is 7.05 Å². The van der Waals surface area contributed by atoms with Crippen LogP contribution in [-0.4, -0.2) is 43.5 Å². The summed E-state index contributed by atoms with van der Waals surface area (Å²) in [5.41, 5.74) is 0.432. The third-order valence-corrected chi connectivity index (χ3v) is 3.37. The Kier molecular flexibility index (Phi) is 2.45. The predicted octanol–water partition coefficient (Wildman–Crippen LogP) is 0.350. The van der Waals surface area contributed by atoms with Gasteiger partial charge in [0.1, 0.15) is 0 Å². The van der Waals surface area contributed by atoms with Crippen molar-refractivity contribution in [3.05, 3.63) is 11.9 Å². The topological polar surface area (TPSA) is 51.0 Å². The minimum absolute atomic E-state index is 0.0180. The van der Waals surface area contributed by atoms with Gasteiger partial charge in [-0.3, -0.25) is 9.48 Å². The minimum Gasteiger partial charge on any atom is -0.325 e. The molecular weight excluding hydrogens is 200 g/mol. The zero-order chi connectivity index (χ0) is 10.1. The first-order chi connectivity index (χ1) is 6.68. The molecule has 2 heterocycles. The van der Waals surface area contributed by atoms with Gasteiger partial charge in [-0.1, -0.05) is 5.21 Å². The largest absolute Gasteiger partial charge is 0.325 e. The van der Waals surface area contributed by atoms with Crippen LogP contribution in [0.5, 0.6) is 0 Å². The van der Waals surface area contributed by atoms with Crippen LogP contribution < -0.4 is 0 Å². The van der Waals surface area contributed by atoms with Crippen LogP contribution in [0.4, 0.5) is 0 Å². The number of hydrogen-bond acceptors (Lipinski definition) is 4. The molecule has 1 aliphatic heterocycles. The van der Waals surface area contributed by atoms with Crippen molar-refractivity contribution >= 4 is 17.7 Å². The second kappa shape index (κ2) is 3.61. The standard InChI is InChI=1S/C8H12N4OS/c1-6-12(3-4-14-6)8(13)7-5-11(2)10-9-7/h5-6H,3-4H2,1-2H3. The Bertz CT molecular complexity index is 351. The summed E-state index contributed by atoms with van der Waals surface area (Å²) in [5.74, 6) is 0.989. The molecule has 2 rings (SSSR count). The number of thioether (sulfide) groups is 1. The van der Waals surface area contributed by atoms with Gasteiger partial charge in [-0.15, -0.1) is 16.9 Å². The van der Waals surface area contributed by atoms with Crippen molar-refractivity contribution in [3.8, 4) is 0 Å². The van der Waals surface area contributed by atoms with Crippen LogP contribution in [0.2, 0.25) is 0 Å². The van der Waals surface area contributed by atoms with Crippen molar-refractivity contribution in [2.45, 2.75) is 12.3 Å². The highest BCUT2D eigenvalue weighted by atomic mass is 32.2. The highest BCUT2D eigenvalue weighted by Gasteiger charge is 2.27. The fourth-order valence-corrected chi connectivity index (χ4v) is 2.48. The Morgan fingerprint density at radius 2 is 2.50 bits per heavy atom. The van der Waals surface area contributed by atoms with Gasteiger partial charge in [0.25, 0.3) is 5.91 Å². The molecule has 0 radical (unpaired) electrons. The Hall–Kier alpha value is -1.04. The Balaban J connectivity index is 2.15.